The summed E-state index contributed by atoms with van der Waals surface area (Å²) in [5, 5.41) is 10.1. The largest absolute Gasteiger partial charge is 0.502 e. The molecular formula is C21H30N2O3. The molecule has 4 rings (SSSR count). The smallest absolute Gasteiger partial charge is 0.200 e. The number of ether oxygens (including phenoxy) is 2. The number of benzene rings is 1. The van der Waals surface area contributed by atoms with Crippen LogP contribution in [0.15, 0.2) is 24.3 Å². The Hall–Kier alpha value is -1.72. The van der Waals surface area contributed by atoms with Gasteiger partial charge in [-0.05, 0) is 48.3 Å². The first-order chi connectivity index (χ1) is 12.7. The van der Waals surface area contributed by atoms with E-state index < -0.39 is 0 Å². The molecule has 1 aromatic rings. The Morgan fingerprint density at radius 1 is 0.962 bits per heavy atom. The molecule has 1 saturated heterocycles. The number of methoxy groups -OCH3 is 2. The van der Waals surface area contributed by atoms with Crippen LogP contribution < -0.4 is 9.47 Å². The lowest BCUT2D eigenvalue weighted by molar-refractivity contribution is 0.108. The lowest BCUT2D eigenvalue weighted by atomic mass is 9.93. The highest BCUT2D eigenvalue weighted by Crippen LogP contribution is 2.43. The van der Waals surface area contributed by atoms with Crippen LogP contribution in [0, 0.1) is 17.8 Å². The average molecular weight is 358 g/mol. The fourth-order valence-electron chi connectivity index (χ4n) is 4.86. The summed E-state index contributed by atoms with van der Waals surface area (Å²) in [7, 11) is 3.14. The molecule has 1 aromatic carbocycles. The molecule has 142 valence electrons. The molecule has 5 nitrogen and oxygen atoms in total. The fraction of sp³-hybridized carbons (Fsp3) is 0.619. The van der Waals surface area contributed by atoms with Gasteiger partial charge in [0.15, 0.2) is 11.5 Å². The number of nitrogens with zero attached hydrogens (tertiary/aromatic N) is 2. The SMILES string of the molecule is COc1cc(CN2CCN(C[C@H]3C[C@@H]4C=C[C@H]3C4)CC2)cc(OC)c1O. The van der Waals surface area contributed by atoms with Crippen LogP contribution in [-0.2, 0) is 6.54 Å². The molecule has 3 aliphatic rings. The Bertz CT molecular complexity index is 642. The Morgan fingerprint density at radius 2 is 1.62 bits per heavy atom. The summed E-state index contributed by atoms with van der Waals surface area (Å²) in [6.07, 6.45) is 7.68. The molecule has 1 saturated carbocycles. The van der Waals surface area contributed by atoms with E-state index in [1.54, 1.807) is 14.2 Å². The van der Waals surface area contributed by atoms with E-state index in [1.165, 1.54) is 19.4 Å². The lowest BCUT2D eigenvalue weighted by Gasteiger charge is -2.37. The third kappa shape index (κ3) is 3.55. The summed E-state index contributed by atoms with van der Waals surface area (Å²) in [6.45, 7) is 6.58. The molecular weight excluding hydrogens is 328 g/mol. The van der Waals surface area contributed by atoms with E-state index in [1.807, 2.05) is 12.1 Å². The molecule has 0 aromatic heterocycles. The van der Waals surface area contributed by atoms with E-state index in [9.17, 15) is 5.11 Å². The summed E-state index contributed by atoms with van der Waals surface area (Å²) >= 11 is 0. The van der Waals surface area contributed by atoms with Crippen molar-refractivity contribution in [3.8, 4) is 17.2 Å². The van der Waals surface area contributed by atoms with Crippen LogP contribution in [0.2, 0.25) is 0 Å². The second kappa shape index (κ2) is 7.49. The summed E-state index contributed by atoms with van der Waals surface area (Å²) in [5.74, 6) is 3.61. The Kier molecular flexibility index (Phi) is 5.09. The van der Waals surface area contributed by atoms with Gasteiger partial charge < -0.3 is 19.5 Å². The fourth-order valence-corrected chi connectivity index (χ4v) is 4.86. The van der Waals surface area contributed by atoms with Gasteiger partial charge >= 0.3 is 0 Å². The minimum absolute atomic E-state index is 0.0727. The first-order valence-corrected chi connectivity index (χ1v) is 9.73. The number of hydrogen-bond donors (Lipinski definition) is 1. The van der Waals surface area contributed by atoms with Gasteiger partial charge in [0.05, 0.1) is 14.2 Å². The van der Waals surface area contributed by atoms with Gasteiger partial charge in [-0.3, -0.25) is 4.90 Å². The molecule has 26 heavy (non-hydrogen) atoms. The molecule has 1 heterocycles. The summed E-state index contributed by atoms with van der Waals surface area (Å²) in [4.78, 5) is 5.12. The van der Waals surface area contributed by atoms with Gasteiger partial charge in [-0.2, -0.15) is 0 Å². The number of fused-ring (bicyclic) bond motifs is 2. The third-order valence-electron chi connectivity index (χ3n) is 6.32. The van der Waals surface area contributed by atoms with E-state index in [-0.39, 0.29) is 5.75 Å². The first-order valence-electron chi connectivity index (χ1n) is 9.73. The molecule has 0 radical (unpaired) electrons. The lowest BCUT2D eigenvalue weighted by Crippen LogP contribution is -2.47. The van der Waals surface area contributed by atoms with Crippen molar-refractivity contribution in [1.29, 1.82) is 0 Å². The minimum atomic E-state index is 0.0727. The highest BCUT2D eigenvalue weighted by molar-refractivity contribution is 5.52. The normalized spacial score (nSPS) is 28.6. The van der Waals surface area contributed by atoms with Gasteiger partial charge in [0.25, 0.3) is 0 Å². The van der Waals surface area contributed by atoms with Crippen molar-refractivity contribution >= 4 is 0 Å². The number of phenols is 1. The van der Waals surface area contributed by atoms with Crippen LogP contribution in [0.4, 0.5) is 0 Å². The van der Waals surface area contributed by atoms with Crippen molar-refractivity contribution in [2.75, 3.05) is 46.9 Å². The maximum Gasteiger partial charge on any atom is 0.200 e. The summed E-state index contributed by atoms with van der Waals surface area (Å²) in [5.41, 5.74) is 1.11. The molecule has 1 N–H and O–H groups in total. The van der Waals surface area contributed by atoms with E-state index >= 15 is 0 Å². The van der Waals surface area contributed by atoms with Crippen LogP contribution in [0.25, 0.3) is 0 Å². The molecule has 2 aliphatic carbocycles. The number of piperazine rings is 1. The first kappa shape index (κ1) is 17.7. The van der Waals surface area contributed by atoms with Crippen molar-refractivity contribution in [1.82, 2.24) is 9.80 Å². The van der Waals surface area contributed by atoms with Crippen LogP contribution in [0.1, 0.15) is 18.4 Å². The zero-order valence-electron chi connectivity index (χ0n) is 15.9. The van der Waals surface area contributed by atoms with Crippen molar-refractivity contribution in [2.45, 2.75) is 19.4 Å². The number of rotatable bonds is 6. The maximum atomic E-state index is 10.1. The van der Waals surface area contributed by atoms with Crippen LogP contribution >= 0.6 is 0 Å². The highest BCUT2D eigenvalue weighted by atomic mass is 16.5. The van der Waals surface area contributed by atoms with Crippen LogP contribution in [-0.4, -0.2) is 61.8 Å². The molecule has 5 heteroatoms. The highest BCUT2D eigenvalue weighted by Gasteiger charge is 2.36. The van der Waals surface area contributed by atoms with Crippen LogP contribution in [0.3, 0.4) is 0 Å². The van der Waals surface area contributed by atoms with Crippen molar-refractivity contribution in [3.05, 3.63) is 29.8 Å². The zero-order valence-corrected chi connectivity index (χ0v) is 15.9. The van der Waals surface area contributed by atoms with Crippen LogP contribution in [0.5, 0.6) is 17.2 Å². The number of allylic oxidation sites excluding steroid dienone is 2. The summed E-state index contributed by atoms with van der Waals surface area (Å²) in [6, 6.07) is 3.82. The number of aromatic hydroxyl groups is 1. The minimum Gasteiger partial charge on any atom is -0.502 e. The third-order valence-corrected chi connectivity index (χ3v) is 6.32. The quantitative estimate of drug-likeness (QED) is 0.792. The second-order valence-corrected chi connectivity index (χ2v) is 7.97. The van der Waals surface area contributed by atoms with Gasteiger partial charge in [0.1, 0.15) is 0 Å². The standard InChI is InChI=1S/C21H30N2O3/c1-25-19-11-16(12-20(26-2)21(19)24)13-22-5-7-23(8-6-22)14-18-10-15-3-4-17(18)9-15/h3-4,11-12,15,17-18,24H,5-10,13-14H2,1-2H3/t15-,17+,18-/m1/s1. The van der Waals surface area contributed by atoms with Crippen molar-refractivity contribution in [3.63, 3.8) is 0 Å². The Morgan fingerprint density at radius 3 is 2.15 bits per heavy atom. The Balaban J connectivity index is 1.30. The maximum absolute atomic E-state index is 10.1. The van der Waals surface area contributed by atoms with Gasteiger partial charge in [0, 0.05) is 39.3 Å². The van der Waals surface area contributed by atoms with E-state index in [0.717, 1.165) is 56.0 Å². The predicted octanol–water partition coefficient (Wildman–Crippen LogP) is 2.74. The van der Waals surface area contributed by atoms with Crippen molar-refractivity contribution in [2.24, 2.45) is 17.8 Å². The number of phenolic OH excluding ortho intramolecular Hbond substituents is 1. The molecule has 0 unspecified atom stereocenters. The van der Waals surface area contributed by atoms with Gasteiger partial charge in [-0.15, -0.1) is 0 Å². The molecule has 2 fully saturated rings. The van der Waals surface area contributed by atoms with Gasteiger partial charge in [-0.1, -0.05) is 12.2 Å². The summed E-state index contributed by atoms with van der Waals surface area (Å²) < 4.78 is 10.5. The molecule has 2 bridgehead atoms. The molecule has 0 spiro atoms. The van der Waals surface area contributed by atoms with Gasteiger partial charge in [-0.25, -0.2) is 0 Å². The van der Waals surface area contributed by atoms with Gasteiger partial charge in [0.2, 0.25) is 5.75 Å². The van der Waals surface area contributed by atoms with E-state index in [4.69, 9.17) is 9.47 Å². The zero-order chi connectivity index (χ0) is 18.1. The van der Waals surface area contributed by atoms with E-state index in [0.29, 0.717) is 11.5 Å². The van der Waals surface area contributed by atoms with E-state index in [2.05, 4.69) is 22.0 Å². The molecule has 1 aliphatic heterocycles. The Labute approximate surface area is 156 Å². The number of hydrogen-bond acceptors (Lipinski definition) is 5. The van der Waals surface area contributed by atoms with Crippen molar-refractivity contribution < 1.29 is 14.6 Å². The predicted molar refractivity (Wildman–Crippen MR) is 102 cm³/mol. The molecule has 0 amide bonds. The average Bonchev–Trinajstić information content (AvgIpc) is 3.27. The molecule has 3 atom stereocenters. The topological polar surface area (TPSA) is 45.2 Å². The monoisotopic (exact) mass is 358 g/mol. The second-order valence-electron chi connectivity index (χ2n) is 7.97.